The quantitative estimate of drug-likeness (QED) is 0.924. The van der Waals surface area contributed by atoms with Crippen LogP contribution in [0, 0.1) is 0 Å². The van der Waals surface area contributed by atoms with E-state index in [9.17, 15) is 4.79 Å². The number of nitrogens with zero attached hydrogens (tertiary/aromatic N) is 4. The number of rotatable bonds is 3. The first-order valence-electron chi connectivity index (χ1n) is 8.31. The summed E-state index contributed by atoms with van der Waals surface area (Å²) in [7, 11) is 0. The lowest BCUT2D eigenvalue weighted by Gasteiger charge is -2.35. The van der Waals surface area contributed by atoms with Gasteiger partial charge in [-0.1, -0.05) is 19.3 Å². The number of anilines is 2. The molecule has 2 aliphatic rings. The molecule has 2 fully saturated rings. The van der Waals surface area contributed by atoms with Crippen molar-refractivity contribution in [2.45, 2.75) is 45.1 Å². The average molecular weight is 303 g/mol. The molecule has 1 saturated carbocycles. The smallest absolute Gasteiger partial charge is 0.219 e. The van der Waals surface area contributed by atoms with Crippen LogP contribution in [0.4, 0.5) is 11.6 Å². The van der Waals surface area contributed by atoms with Crippen molar-refractivity contribution < 1.29 is 4.79 Å². The van der Waals surface area contributed by atoms with E-state index in [1.54, 1.807) is 13.3 Å². The molecule has 2 heterocycles. The van der Waals surface area contributed by atoms with Crippen LogP contribution in [0.1, 0.15) is 39.0 Å². The molecule has 6 heteroatoms. The summed E-state index contributed by atoms with van der Waals surface area (Å²) in [5.41, 5.74) is 0. The monoisotopic (exact) mass is 303 g/mol. The molecule has 6 nitrogen and oxygen atoms in total. The van der Waals surface area contributed by atoms with Crippen LogP contribution in [0.5, 0.6) is 0 Å². The third-order valence-corrected chi connectivity index (χ3v) is 4.66. The van der Waals surface area contributed by atoms with E-state index < -0.39 is 0 Å². The predicted octanol–water partition coefficient (Wildman–Crippen LogP) is 1.89. The van der Waals surface area contributed by atoms with Gasteiger partial charge in [-0.2, -0.15) is 0 Å². The molecule has 0 spiro atoms. The van der Waals surface area contributed by atoms with E-state index in [0.717, 1.165) is 37.8 Å². The topological polar surface area (TPSA) is 61.4 Å². The Morgan fingerprint density at radius 2 is 1.86 bits per heavy atom. The zero-order valence-electron chi connectivity index (χ0n) is 13.3. The molecule has 1 aromatic rings. The second-order valence-electron chi connectivity index (χ2n) is 6.23. The molecular weight excluding hydrogens is 278 g/mol. The van der Waals surface area contributed by atoms with Gasteiger partial charge >= 0.3 is 0 Å². The molecule has 0 radical (unpaired) electrons. The van der Waals surface area contributed by atoms with E-state index in [-0.39, 0.29) is 5.91 Å². The van der Waals surface area contributed by atoms with Gasteiger partial charge < -0.3 is 15.1 Å². The number of nitrogens with one attached hydrogen (secondary N) is 1. The molecule has 1 saturated heterocycles. The van der Waals surface area contributed by atoms with Crippen LogP contribution < -0.4 is 10.2 Å². The lowest BCUT2D eigenvalue weighted by molar-refractivity contribution is -0.129. The molecule has 0 unspecified atom stereocenters. The van der Waals surface area contributed by atoms with Crippen molar-refractivity contribution in [3.05, 3.63) is 12.4 Å². The van der Waals surface area contributed by atoms with Gasteiger partial charge in [-0.15, -0.1) is 0 Å². The average Bonchev–Trinajstić information content (AvgIpc) is 2.56. The highest BCUT2D eigenvalue weighted by atomic mass is 16.2. The highest BCUT2D eigenvalue weighted by Crippen LogP contribution is 2.22. The zero-order valence-corrected chi connectivity index (χ0v) is 13.3. The summed E-state index contributed by atoms with van der Waals surface area (Å²) >= 11 is 0. The molecule has 1 aliphatic heterocycles. The molecule has 0 bridgehead atoms. The molecule has 0 atom stereocenters. The highest BCUT2D eigenvalue weighted by molar-refractivity contribution is 5.73. The maximum Gasteiger partial charge on any atom is 0.219 e. The Balaban J connectivity index is 1.60. The van der Waals surface area contributed by atoms with Crippen molar-refractivity contribution in [3.8, 4) is 0 Å². The van der Waals surface area contributed by atoms with Crippen LogP contribution >= 0.6 is 0 Å². The van der Waals surface area contributed by atoms with Crippen LogP contribution in [0.2, 0.25) is 0 Å². The Bertz CT molecular complexity index is 507. The Morgan fingerprint density at radius 1 is 1.14 bits per heavy atom. The van der Waals surface area contributed by atoms with E-state index in [1.165, 1.54) is 32.1 Å². The minimum atomic E-state index is 0.155. The fourth-order valence-electron chi connectivity index (χ4n) is 3.31. The molecule has 1 aliphatic carbocycles. The number of hydrogen-bond acceptors (Lipinski definition) is 5. The van der Waals surface area contributed by atoms with Crippen molar-refractivity contribution in [2.24, 2.45) is 0 Å². The SMILES string of the molecule is CC(=O)N1CCN(c2cc(NC3CCCCC3)ncn2)CC1. The first-order chi connectivity index (χ1) is 10.7. The maximum atomic E-state index is 11.4. The molecule has 3 rings (SSSR count). The Hall–Kier alpha value is -1.85. The summed E-state index contributed by atoms with van der Waals surface area (Å²) in [6.45, 7) is 4.83. The molecule has 1 N–H and O–H groups in total. The number of piperazine rings is 1. The van der Waals surface area contributed by atoms with Crippen molar-refractivity contribution in [1.29, 1.82) is 0 Å². The number of carbonyl (C=O) groups excluding carboxylic acids is 1. The fraction of sp³-hybridized carbons (Fsp3) is 0.688. The maximum absolute atomic E-state index is 11.4. The first kappa shape index (κ1) is 15.1. The van der Waals surface area contributed by atoms with Crippen molar-refractivity contribution in [1.82, 2.24) is 14.9 Å². The lowest BCUT2D eigenvalue weighted by Crippen LogP contribution is -2.48. The van der Waals surface area contributed by atoms with Crippen molar-refractivity contribution in [2.75, 3.05) is 36.4 Å². The molecule has 22 heavy (non-hydrogen) atoms. The fourth-order valence-corrected chi connectivity index (χ4v) is 3.31. The summed E-state index contributed by atoms with van der Waals surface area (Å²) in [6, 6.07) is 2.59. The van der Waals surface area contributed by atoms with Gasteiger partial charge in [0.25, 0.3) is 0 Å². The summed E-state index contributed by atoms with van der Waals surface area (Å²) in [6.07, 6.45) is 8.07. The van der Waals surface area contributed by atoms with Gasteiger partial charge in [0.15, 0.2) is 0 Å². The van der Waals surface area contributed by atoms with Crippen LogP contribution in [-0.2, 0) is 4.79 Å². The standard InChI is InChI=1S/C16H25N5O/c1-13(22)20-7-9-21(10-8-20)16-11-15(17-12-18-16)19-14-5-3-2-4-6-14/h11-12,14H,2-10H2,1H3,(H,17,18,19). The third kappa shape index (κ3) is 3.67. The minimum absolute atomic E-state index is 0.155. The summed E-state index contributed by atoms with van der Waals surface area (Å²) in [5, 5.41) is 3.55. The van der Waals surface area contributed by atoms with Gasteiger partial charge in [0.05, 0.1) is 0 Å². The largest absolute Gasteiger partial charge is 0.367 e. The Labute approximate surface area is 131 Å². The second kappa shape index (κ2) is 6.94. The van der Waals surface area contributed by atoms with E-state index in [2.05, 4.69) is 20.2 Å². The van der Waals surface area contributed by atoms with Crippen LogP contribution in [-0.4, -0.2) is 53.0 Å². The normalized spacial score (nSPS) is 20.0. The zero-order chi connectivity index (χ0) is 15.4. The first-order valence-corrected chi connectivity index (χ1v) is 8.31. The number of carbonyl (C=O) groups is 1. The molecular formula is C16H25N5O. The Morgan fingerprint density at radius 3 is 2.55 bits per heavy atom. The van der Waals surface area contributed by atoms with Gasteiger partial charge in [-0.25, -0.2) is 9.97 Å². The number of aromatic nitrogens is 2. The number of amides is 1. The Kier molecular flexibility index (Phi) is 4.75. The highest BCUT2D eigenvalue weighted by Gasteiger charge is 2.20. The predicted molar refractivity (Wildman–Crippen MR) is 87.0 cm³/mol. The molecule has 1 amide bonds. The van der Waals surface area contributed by atoms with E-state index in [1.807, 2.05) is 11.0 Å². The number of hydrogen-bond donors (Lipinski definition) is 1. The van der Waals surface area contributed by atoms with Crippen molar-refractivity contribution in [3.63, 3.8) is 0 Å². The van der Waals surface area contributed by atoms with Gasteiger partial charge in [0, 0.05) is 45.2 Å². The second-order valence-corrected chi connectivity index (χ2v) is 6.23. The third-order valence-electron chi connectivity index (χ3n) is 4.66. The van der Waals surface area contributed by atoms with Crippen LogP contribution in [0.25, 0.3) is 0 Å². The minimum Gasteiger partial charge on any atom is -0.367 e. The summed E-state index contributed by atoms with van der Waals surface area (Å²) in [4.78, 5) is 24.3. The van der Waals surface area contributed by atoms with E-state index in [4.69, 9.17) is 0 Å². The van der Waals surface area contributed by atoms with Crippen molar-refractivity contribution >= 4 is 17.5 Å². The van der Waals surface area contributed by atoms with Crippen LogP contribution in [0.3, 0.4) is 0 Å². The molecule has 120 valence electrons. The molecule has 1 aromatic heterocycles. The summed E-state index contributed by atoms with van der Waals surface area (Å²) < 4.78 is 0. The molecule has 0 aromatic carbocycles. The summed E-state index contributed by atoms with van der Waals surface area (Å²) in [5.74, 6) is 2.03. The van der Waals surface area contributed by atoms with Gasteiger partial charge in [-0.3, -0.25) is 4.79 Å². The lowest BCUT2D eigenvalue weighted by atomic mass is 9.95. The van der Waals surface area contributed by atoms with E-state index >= 15 is 0 Å². The van der Waals surface area contributed by atoms with Crippen LogP contribution in [0.15, 0.2) is 12.4 Å². The van der Waals surface area contributed by atoms with Gasteiger partial charge in [0.1, 0.15) is 18.0 Å². The van der Waals surface area contributed by atoms with Gasteiger partial charge in [0.2, 0.25) is 5.91 Å². The van der Waals surface area contributed by atoms with E-state index in [0.29, 0.717) is 6.04 Å². The van der Waals surface area contributed by atoms with Gasteiger partial charge in [-0.05, 0) is 12.8 Å².